The Kier molecular flexibility index (Phi) is 5.51. The summed E-state index contributed by atoms with van der Waals surface area (Å²) in [5.41, 5.74) is 1.11. The molecule has 7 heteroatoms. The number of piperazine rings is 1. The van der Waals surface area contributed by atoms with Gasteiger partial charge in [0.25, 0.3) is 5.91 Å². The minimum atomic E-state index is -0.260. The molecule has 2 fully saturated rings. The first-order valence-corrected chi connectivity index (χ1v) is 8.41. The van der Waals surface area contributed by atoms with Gasteiger partial charge >= 0.3 is 0 Å². The fraction of sp³-hybridized carbons (Fsp3) is 0.444. The number of rotatable bonds is 3. The summed E-state index contributed by atoms with van der Waals surface area (Å²) in [7, 11) is 0. The van der Waals surface area contributed by atoms with Gasteiger partial charge in [0.1, 0.15) is 17.5 Å². The molecule has 0 spiro atoms. The number of hydrogen-bond acceptors (Lipinski definition) is 5. The first-order valence-electron chi connectivity index (χ1n) is 8.41. The minimum absolute atomic E-state index is 0.164. The number of carbonyl (C=O) groups is 1. The van der Waals surface area contributed by atoms with Crippen molar-refractivity contribution in [3.8, 4) is 6.07 Å². The summed E-state index contributed by atoms with van der Waals surface area (Å²) in [4.78, 5) is 18.4. The zero-order valence-corrected chi connectivity index (χ0v) is 14.0. The van der Waals surface area contributed by atoms with Gasteiger partial charge in [0, 0.05) is 51.2 Å². The van der Waals surface area contributed by atoms with Gasteiger partial charge in [-0.25, -0.2) is 4.39 Å². The highest BCUT2D eigenvalue weighted by molar-refractivity contribution is 5.97. The molecule has 3 rings (SSSR count). The third-order valence-electron chi connectivity index (χ3n) is 4.47. The summed E-state index contributed by atoms with van der Waals surface area (Å²) in [6, 6.07) is 8.38. The highest BCUT2D eigenvalue weighted by Crippen LogP contribution is 2.18. The Morgan fingerprint density at radius 1 is 1.08 bits per heavy atom. The lowest BCUT2D eigenvalue weighted by atomic mass is 10.2. The molecule has 2 aliphatic rings. The van der Waals surface area contributed by atoms with Gasteiger partial charge in [0.15, 0.2) is 0 Å². The monoisotopic (exact) mass is 344 g/mol. The third kappa shape index (κ3) is 4.28. The van der Waals surface area contributed by atoms with E-state index in [4.69, 9.17) is 4.74 Å². The molecule has 0 aromatic heterocycles. The van der Waals surface area contributed by atoms with E-state index >= 15 is 0 Å². The number of carbonyl (C=O) groups excluding carboxylic acids is 1. The molecular weight excluding hydrogens is 323 g/mol. The van der Waals surface area contributed by atoms with E-state index in [0.717, 1.165) is 5.69 Å². The predicted octanol–water partition coefficient (Wildman–Crippen LogP) is 1.21. The van der Waals surface area contributed by atoms with Gasteiger partial charge in [-0.15, -0.1) is 0 Å². The fourth-order valence-corrected chi connectivity index (χ4v) is 3.01. The fourth-order valence-electron chi connectivity index (χ4n) is 3.01. The van der Waals surface area contributed by atoms with Crippen LogP contribution in [0, 0.1) is 17.1 Å². The number of nitriles is 1. The zero-order chi connectivity index (χ0) is 17.6. The molecule has 2 saturated heterocycles. The first-order chi connectivity index (χ1) is 12.2. The third-order valence-corrected chi connectivity index (χ3v) is 4.47. The Hall–Kier alpha value is -2.59. The Bertz CT molecular complexity index is 669. The summed E-state index contributed by atoms with van der Waals surface area (Å²) >= 11 is 0. The molecule has 0 radical (unpaired) electrons. The number of anilines is 1. The summed E-state index contributed by atoms with van der Waals surface area (Å²) < 4.78 is 18.3. The lowest BCUT2D eigenvalue weighted by Gasteiger charge is -2.36. The van der Waals surface area contributed by atoms with Gasteiger partial charge in [-0.05, 0) is 24.3 Å². The molecule has 2 heterocycles. The molecule has 25 heavy (non-hydrogen) atoms. The average molecular weight is 344 g/mol. The van der Waals surface area contributed by atoms with E-state index in [1.807, 2.05) is 11.0 Å². The molecule has 0 aliphatic carbocycles. The second kappa shape index (κ2) is 7.99. The van der Waals surface area contributed by atoms with Gasteiger partial charge in [0.2, 0.25) is 0 Å². The second-order valence-corrected chi connectivity index (χ2v) is 6.06. The number of morpholine rings is 1. The van der Waals surface area contributed by atoms with Crippen molar-refractivity contribution in [2.24, 2.45) is 0 Å². The van der Waals surface area contributed by atoms with E-state index in [1.165, 1.54) is 12.1 Å². The van der Waals surface area contributed by atoms with Crippen molar-refractivity contribution < 1.29 is 13.9 Å². The van der Waals surface area contributed by atoms with Crippen LogP contribution >= 0.6 is 0 Å². The molecule has 0 atom stereocenters. The predicted molar refractivity (Wildman–Crippen MR) is 91.3 cm³/mol. The lowest BCUT2D eigenvalue weighted by Crippen LogP contribution is -2.49. The number of halogens is 1. The molecule has 0 unspecified atom stereocenters. The Morgan fingerprint density at radius 3 is 2.32 bits per heavy atom. The van der Waals surface area contributed by atoms with Crippen LogP contribution in [-0.4, -0.2) is 68.2 Å². The average Bonchev–Trinajstić information content (AvgIpc) is 2.67. The maximum atomic E-state index is 13.0. The molecule has 2 aliphatic heterocycles. The maximum Gasteiger partial charge on any atom is 0.266 e. The van der Waals surface area contributed by atoms with Crippen LogP contribution in [0.5, 0.6) is 0 Å². The van der Waals surface area contributed by atoms with E-state index in [0.29, 0.717) is 52.5 Å². The number of hydrogen-bond donors (Lipinski definition) is 0. The SMILES string of the molecule is N#C/C(=C/N1CCOCC1)C(=O)N1CCN(c2ccc(F)cc2)CC1. The Labute approximate surface area is 146 Å². The highest BCUT2D eigenvalue weighted by Gasteiger charge is 2.24. The summed E-state index contributed by atoms with van der Waals surface area (Å²) in [6.45, 7) is 5.01. The number of ether oxygens (including phenoxy) is 1. The first kappa shape index (κ1) is 17.2. The van der Waals surface area contributed by atoms with Gasteiger partial charge < -0.3 is 19.4 Å². The van der Waals surface area contributed by atoms with Crippen molar-refractivity contribution in [2.45, 2.75) is 0 Å². The largest absolute Gasteiger partial charge is 0.378 e. The highest BCUT2D eigenvalue weighted by atomic mass is 19.1. The molecular formula is C18H21FN4O2. The zero-order valence-electron chi connectivity index (χ0n) is 14.0. The standard InChI is InChI=1S/C18H21FN4O2/c19-16-1-3-17(4-2-16)22-5-7-23(8-6-22)18(24)15(13-20)14-21-9-11-25-12-10-21/h1-4,14H,5-12H2/b15-14-. The molecule has 1 amide bonds. The summed E-state index contributed by atoms with van der Waals surface area (Å²) in [5.74, 6) is -0.489. The van der Waals surface area contributed by atoms with E-state index in [1.54, 1.807) is 23.2 Å². The minimum Gasteiger partial charge on any atom is -0.378 e. The van der Waals surface area contributed by atoms with E-state index in [-0.39, 0.29) is 17.3 Å². The van der Waals surface area contributed by atoms with Crippen LogP contribution in [0.2, 0.25) is 0 Å². The Balaban J connectivity index is 1.59. The Morgan fingerprint density at radius 2 is 1.72 bits per heavy atom. The van der Waals surface area contributed by atoms with Gasteiger partial charge in [-0.2, -0.15) is 5.26 Å². The smallest absolute Gasteiger partial charge is 0.266 e. The molecule has 1 aromatic rings. The molecule has 6 nitrogen and oxygen atoms in total. The molecule has 0 N–H and O–H groups in total. The van der Waals surface area contributed by atoms with Gasteiger partial charge in [-0.1, -0.05) is 0 Å². The molecule has 132 valence electrons. The second-order valence-electron chi connectivity index (χ2n) is 6.06. The van der Waals surface area contributed by atoms with Crippen LogP contribution in [0.3, 0.4) is 0 Å². The lowest BCUT2D eigenvalue weighted by molar-refractivity contribution is -0.127. The van der Waals surface area contributed by atoms with Gasteiger partial charge in [0.05, 0.1) is 13.2 Å². The van der Waals surface area contributed by atoms with E-state index in [9.17, 15) is 14.4 Å². The topological polar surface area (TPSA) is 59.8 Å². The van der Waals surface area contributed by atoms with Crippen LogP contribution in [-0.2, 0) is 9.53 Å². The van der Waals surface area contributed by atoms with E-state index < -0.39 is 0 Å². The van der Waals surface area contributed by atoms with Crippen LogP contribution < -0.4 is 4.90 Å². The molecule has 1 aromatic carbocycles. The summed E-state index contributed by atoms with van der Waals surface area (Å²) in [6.07, 6.45) is 1.65. The molecule has 0 bridgehead atoms. The van der Waals surface area contributed by atoms with Crippen molar-refractivity contribution >= 4 is 11.6 Å². The van der Waals surface area contributed by atoms with Crippen LogP contribution in [0.1, 0.15) is 0 Å². The number of benzene rings is 1. The van der Waals surface area contributed by atoms with Crippen LogP contribution in [0.15, 0.2) is 36.0 Å². The van der Waals surface area contributed by atoms with Gasteiger partial charge in [-0.3, -0.25) is 4.79 Å². The van der Waals surface area contributed by atoms with E-state index in [2.05, 4.69) is 4.90 Å². The normalized spacial score (nSPS) is 18.9. The molecule has 0 saturated carbocycles. The van der Waals surface area contributed by atoms with Crippen LogP contribution in [0.4, 0.5) is 10.1 Å². The maximum absolute atomic E-state index is 13.0. The van der Waals surface area contributed by atoms with Crippen molar-refractivity contribution in [1.29, 1.82) is 5.26 Å². The van der Waals surface area contributed by atoms with Crippen molar-refractivity contribution in [2.75, 3.05) is 57.4 Å². The van der Waals surface area contributed by atoms with Crippen molar-refractivity contribution in [3.63, 3.8) is 0 Å². The number of amides is 1. The van der Waals surface area contributed by atoms with Crippen molar-refractivity contribution in [3.05, 3.63) is 41.9 Å². The number of nitrogens with zero attached hydrogens (tertiary/aromatic N) is 4. The summed E-state index contributed by atoms with van der Waals surface area (Å²) in [5, 5.41) is 9.34. The van der Waals surface area contributed by atoms with Crippen molar-refractivity contribution in [1.82, 2.24) is 9.80 Å². The van der Waals surface area contributed by atoms with Crippen LogP contribution in [0.25, 0.3) is 0 Å². The quantitative estimate of drug-likeness (QED) is 0.609.